The molecule has 2 aromatic rings. The number of hydrogen-bond acceptors (Lipinski definition) is 7. The van der Waals surface area contributed by atoms with Gasteiger partial charge in [0.1, 0.15) is 0 Å². The van der Waals surface area contributed by atoms with Crippen molar-refractivity contribution >= 4 is 23.5 Å². The van der Waals surface area contributed by atoms with Gasteiger partial charge in [0.25, 0.3) is 5.22 Å². The largest absolute Gasteiger partial charge is 0.462 e. The van der Waals surface area contributed by atoms with Crippen LogP contribution in [0.5, 0.6) is 0 Å². The highest BCUT2D eigenvalue weighted by Gasteiger charge is 2.30. The average Bonchev–Trinajstić information content (AvgIpc) is 3.20. The third-order valence-corrected chi connectivity index (χ3v) is 4.63. The van der Waals surface area contributed by atoms with Crippen LogP contribution in [-0.2, 0) is 4.74 Å². The first-order valence-electron chi connectivity index (χ1n) is 7.87. The molecule has 7 nitrogen and oxygen atoms in total. The van der Waals surface area contributed by atoms with Gasteiger partial charge in [-0.15, -0.1) is 10.2 Å². The third kappa shape index (κ3) is 3.38. The van der Waals surface area contributed by atoms with Crippen molar-refractivity contribution in [3.63, 3.8) is 0 Å². The predicted octanol–water partition coefficient (Wildman–Crippen LogP) is 3.04. The van der Waals surface area contributed by atoms with Gasteiger partial charge in [0.15, 0.2) is 5.78 Å². The molecule has 2 aromatic heterocycles. The van der Waals surface area contributed by atoms with Crippen molar-refractivity contribution < 1.29 is 18.7 Å². The maximum Gasteiger partial charge on any atom is 0.340 e. The first kappa shape index (κ1) is 16.8. The van der Waals surface area contributed by atoms with Crippen molar-refractivity contribution in [2.24, 2.45) is 0 Å². The quantitative estimate of drug-likeness (QED) is 0.466. The second kappa shape index (κ2) is 6.80. The molecule has 0 aliphatic heterocycles. The number of H-pyrrole nitrogens is 1. The summed E-state index contributed by atoms with van der Waals surface area (Å²) in [4.78, 5) is 27.8. The Morgan fingerprint density at radius 3 is 2.62 bits per heavy atom. The summed E-state index contributed by atoms with van der Waals surface area (Å²) in [5, 5.41) is 8.33. The number of rotatable bonds is 7. The van der Waals surface area contributed by atoms with Gasteiger partial charge < -0.3 is 14.1 Å². The Labute approximate surface area is 143 Å². The summed E-state index contributed by atoms with van der Waals surface area (Å²) in [5.74, 6) is 0.493. The SMILES string of the molecule is CCOC(=O)c1c(C)[nH]c(C)c1C(=O)CSc1nnc(C2CC2)o1. The van der Waals surface area contributed by atoms with E-state index in [4.69, 9.17) is 9.15 Å². The molecular weight excluding hydrogens is 330 g/mol. The number of nitrogens with one attached hydrogen (secondary N) is 1. The van der Waals surface area contributed by atoms with E-state index in [9.17, 15) is 9.59 Å². The van der Waals surface area contributed by atoms with Gasteiger partial charge in [0.2, 0.25) is 5.89 Å². The molecule has 1 aliphatic carbocycles. The highest BCUT2D eigenvalue weighted by atomic mass is 32.2. The fraction of sp³-hybridized carbons (Fsp3) is 0.500. The highest BCUT2D eigenvalue weighted by molar-refractivity contribution is 7.99. The van der Waals surface area contributed by atoms with Gasteiger partial charge in [-0.3, -0.25) is 4.79 Å². The third-order valence-electron chi connectivity index (χ3n) is 3.81. The fourth-order valence-corrected chi connectivity index (χ4v) is 3.20. The van der Waals surface area contributed by atoms with Gasteiger partial charge in [-0.05, 0) is 33.6 Å². The van der Waals surface area contributed by atoms with Gasteiger partial charge in [-0.2, -0.15) is 0 Å². The lowest BCUT2D eigenvalue weighted by Crippen LogP contribution is -2.13. The maximum absolute atomic E-state index is 12.6. The Morgan fingerprint density at radius 2 is 1.96 bits per heavy atom. The van der Waals surface area contributed by atoms with E-state index < -0.39 is 5.97 Å². The van der Waals surface area contributed by atoms with Crippen LogP contribution in [0.25, 0.3) is 0 Å². The standard InChI is InChI=1S/C16H19N3O4S/c1-4-22-15(21)13-9(3)17-8(2)12(13)11(20)7-24-16-19-18-14(23-16)10-5-6-10/h10,17H,4-7H2,1-3H3. The molecule has 0 bridgehead atoms. The van der Waals surface area contributed by atoms with E-state index >= 15 is 0 Å². The number of aromatic nitrogens is 3. The smallest absolute Gasteiger partial charge is 0.340 e. The highest BCUT2D eigenvalue weighted by Crippen LogP contribution is 2.39. The molecule has 0 radical (unpaired) electrons. The van der Waals surface area contributed by atoms with Gasteiger partial charge >= 0.3 is 5.97 Å². The number of aryl methyl sites for hydroxylation is 2. The van der Waals surface area contributed by atoms with E-state index in [-0.39, 0.29) is 18.1 Å². The van der Waals surface area contributed by atoms with Crippen LogP contribution in [0.1, 0.15) is 63.7 Å². The van der Waals surface area contributed by atoms with Crippen LogP contribution in [0.2, 0.25) is 0 Å². The van der Waals surface area contributed by atoms with Crippen molar-refractivity contribution in [1.82, 2.24) is 15.2 Å². The second-order valence-corrected chi connectivity index (χ2v) is 6.66. The summed E-state index contributed by atoms with van der Waals surface area (Å²) in [7, 11) is 0. The molecule has 0 unspecified atom stereocenters. The Bertz CT molecular complexity index is 776. The fourth-order valence-electron chi connectivity index (χ4n) is 2.56. The molecule has 0 spiro atoms. The topological polar surface area (TPSA) is 98.1 Å². The zero-order valence-corrected chi connectivity index (χ0v) is 14.7. The summed E-state index contributed by atoms with van der Waals surface area (Å²) >= 11 is 1.19. The molecular formula is C16H19N3O4S. The van der Waals surface area contributed by atoms with Crippen LogP contribution in [0, 0.1) is 13.8 Å². The lowest BCUT2D eigenvalue weighted by atomic mass is 10.1. The number of aromatic amines is 1. The monoisotopic (exact) mass is 349 g/mol. The van der Waals surface area contributed by atoms with Gasteiger partial charge in [-0.1, -0.05) is 11.8 Å². The Balaban J connectivity index is 1.72. The number of thioether (sulfide) groups is 1. The Kier molecular flexibility index (Phi) is 4.75. The number of esters is 1. The number of carbonyl (C=O) groups excluding carboxylic acids is 2. The minimum atomic E-state index is -0.485. The summed E-state index contributed by atoms with van der Waals surface area (Å²) in [6, 6.07) is 0. The lowest BCUT2D eigenvalue weighted by molar-refractivity contribution is 0.0522. The number of carbonyl (C=O) groups is 2. The maximum atomic E-state index is 12.6. The molecule has 0 amide bonds. The first-order valence-corrected chi connectivity index (χ1v) is 8.85. The van der Waals surface area contributed by atoms with Crippen LogP contribution in [-0.4, -0.2) is 39.3 Å². The van der Waals surface area contributed by atoms with Crippen molar-refractivity contribution in [2.45, 2.75) is 44.8 Å². The minimum absolute atomic E-state index is 0.122. The molecule has 1 fully saturated rings. The van der Waals surface area contributed by atoms with Crippen molar-refractivity contribution in [1.29, 1.82) is 0 Å². The van der Waals surface area contributed by atoms with Gasteiger partial charge in [-0.25, -0.2) is 4.79 Å². The number of ketones is 1. The zero-order valence-electron chi connectivity index (χ0n) is 13.8. The molecule has 0 saturated heterocycles. The normalized spacial score (nSPS) is 14.0. The van der Waals surface area contributed by atoms with Crippen LogP contribution in [0.3, 0.4) is 0 Å². The number of nitrogens with zero attached hydrogens (tertiary/aromatic N) is 2. The van der Waals surface area contributed by atoms with Crippen LogP contribution < -0.4 is 0 Å². The molecule has 1 saturated carbocycles. The van der Waals surface area contributed by atoms with E-state index in [1.54, 1.807) is 20.8 Å². The van der Waals surface area contributed by atoms with Gasteiger partial charge in [0, 0.05) is 17.3 Å². The van der Waals surface area contributed by atoms with Crippen molar-refractivity contribution in [3.8, 4) is 0 Å². The number of hydrogen-bond donors (Lipinski definition) is 1. The van der Waals surface area contributed by atoms with Crippen molar-refractivity contribution in [2.75, 3.05) is 12.4 Å². The second-order valence-electron chi connectivity index (χ2n) is 5.74. The summed E-state index contributed by atoms with van der Waals surface area (Å²) in [5.41, 5.74) is 1.97. The van der Waals surface area contributed by atoms with Crippen molar-refractivity contribution in [3.05, 3.63) is 28.4 Å². The first-order chi connectivity index (χ1) is 11.5. The number of Topliss-reactive ketones (excluding diaryl/α,β-unsaturated/α-hetero) is 1. The molecule has 24 heavy (non-hydrogen) atoms. The summed E-state index contributed by atoms with van der Waals surface area (Å²) in [6.45, 7) is 5.52. The average molecular weight is 349 g/mol. The molecule has 8 heteroatoms. The zero-order chi connectivity index (χ0) is 17.3. The molecule has 0 aromatic carbocycles. The van der Waals surface area contributed by atoms with Crippen LogP contribution in [0.15, 0.2) is 9.64 Å². The number of ether oxygens (including phenoxy) is 1. The van der Waals surface area contributed by atoms with Crippen LogP contribution >= 0.6 is 11.8 Å². The van der Waals surface area contributed by atoms with E-state index in [2.05, 4.69) is 15.2 Å². The predicted molar refractivity (Wildman–Crippen MR) is 87.6 cm³/mol. The summed E-state index contributed by atoms with van der Waals surface area (Å²) < 4.78 is 10.6. The molecule has 128 valence electrons. The van der Waals surface area contributed by atoms with Gasteiger partial charge in [0.05, 0.1) is 23.5 Å². The van der Waals surface area contributed by atoms with E-state index in [0.717, 1.165) is 12.8 Å². The molecule has 2 heterocycles. The lowest BCUT2D eigenvalue weighted by Gasteiger charge is -2.05. The molecule has 1 aliphatic rings. The minimum Gasteiger partial charge on any atom is -0.462 e. The van der Waals surface area contributed by atoms with E-state index in [1.807, 2.05) is 0 Å². The van der Waals surface area contributed by atoms with E-state index in [1.165, 1.54) is 11.8 Å². The molecule has 1 N–H and O–H groups in total. The van der Waals surface area contributed by atoms with E-state index in [0.29, 0.717) is 39.5 Å². The Hall–Kier alpha value is -2.09. The molecule has 3 rings (SSSR count). The Morgan fingerprint density at radius 1 is 1.25 bits per heavy atom. The summed E-state index contributed by atoms with van der Waals surface area (Å²) in [6.07, 6.45) is 2.16. The molecule has 0 atom stereocenters. The van der Waals surface area contributed by atoms with Crippen LogP contribution in [0.4, 0.5) is 0 Å².